The van der Waals surface area contributed by atoms with Crippen LogP contribution in [0.3, 0.4) is 0 Å². The Labute approximate surface area is 167 Å². The third-order valence-corrected chi connectivity index (χ3v) is 5.07. The predicted octanol–water partition coefficient (Wildman–Crippen LogP) is 3.03. The summed E-state index contributed by atoms with van der Waals surface area (Å²) in [5.41, 5.74) is 9.88. The number of nitrogens with zero attached hydrogens (tertiary/aromatic N) is 2. The predicted molar refractivity (Wildman–Crippen MR) is 117 cm³/mol. The zero-order valence-electron chi connectivity index (χ0n) is 15.2. The van der Waals surface area contributed by atoms with Crippen molar-refractivity contribution in [2.75, 3.05) is 26.2 Å². The van der Waals surface area contributed by atoms with Crippen LogP contribution in [0, 0.1) is 6.92 Å². The Kier molecular flexibility index (Phi) is 7.56. The van der Waals surface area contributed by atoms with Crippen molar-refractivity contribution in [3.8, 4) is 0 Å². The number of H-pyrrole nitrogens is 1. The van der Waals surface area contributed by atoms with Crippen LogP contribution in [0.15, 0.2) is 29.4 Å². The lowest BCUT2D eigenvalue weighted by Gasteiger charge is -2.20. The molecule has 0 bridgehead atoms. The molecule has 0 radical (unpaired) electrons. The van der Waals surface area contributed by atoms with E-state index in [0.717, 1.165) is 26.1 Å². The molecule has 1 aromatic carbocycles. The first kappa shape index (κ1) is 20.0. The largest absolute Gasteiger partial charge is 0.370 e. The van der Waals surface area contributed by atoms with Gasteiger partial charge in [-0.1, -0.05) is 19.1 Å². The Balaban J connectivity index is 0.00000225. The molecule has 1 atom stereocenters. The van der Waals surface area contributed by atoms with Gasteiger partial charge in [-0.25, -0.2) is 0 Å². The number of guanidine groups is 1. The number of fused-ring (bicyclic) bond motifs is 1. The summed E-state index contributed by atoms with van der Waals surface area (Å²) in [6.07, 6.45) is 5.55. The fourth-order valence-corrected chi connectivity index (χ4v) is 3.75. The van der Waals surface area contributed by atoms with E-state index in [1.165, 1.54) is 41.4 Å². The van der Waals surface area contributed by atoms with Crippen molar-refractivity contribution in [3.05, 3.63) is 35.5 Å². The average Bonchev–Trinajstić information content (AvgIpc) is 3.20. The average molecular weight is 455 g/mol. The SMILES string of the molecule is CCN1CCCC1CN=C(N)NCCc1c[nH]c2cccc(C)c12.I. The van der Waals surface area contributed by atoms with Gasteiger partial charge in [0, 0.05) is 29.7 Å². The number of aromatic amines is 1. The first-order valence-electron chi connectivity index (χ1n) is 9.02. The van der Waals surface area contributed by atoms with E-state index in [2.05, 4.69) is 58.4 Å². The molecule has 4 N–H and O–H groups in total. The van der Waals surface area contributed by atoms with Gasteiger partial charge < -0.3 is 16.0 Å². The first-order chi connectivity index (χ1) is 11.7. The van der Waals surface area contributed by atoms with Gasteiger partial charge in [0.05, 0.1) is 6.54 Å². The molecule has 0 aliphatic carbocycles. The Morgan fingerprint density at radius 1 is 1.44 bits per heavy atom. The summed E-state index contributed by atoms with van der Waals surface area (Å²) >= 11 is 0. The Morgan fingerprint density at radius 2 is 2.28 bits per heavy atom. The van der Waals surface area contributed by atoms with Gasteiger partial charge >= 0.3 is 0 Å². The molecule has 0 amide bonds. The van der Waals surface area contributed by atoms with Gasteiger partial charge in [-0.15, -0.1) is 24.0 Å². The number of hydrogen-bond acceptors (Lipinski definition) is 2. The van der Waals surface area contributed by atoms with Crippen molar-refractivity contribution in [2.45, 2.75) is 39.2 Å². The fraction of sp³-hybridized carbons (Fsp3) is 0.526. The van der Waals surface area contributed by atoms with Crippen molar-refractivity contribution in [2.24, 2.45) is 10.7 Å². The summed E-state index contributed by atoms with van der Waals surface area (Å²) < 4.78 is 0. The summed E-state index contributed by atoms with van der Waals surface area (Å²) in [5.74, 6) is 0.564. The number of nitrogens with one attached hydrogen (secondary N) is 2. The third kappa shape index (κ3) is 4.88. The molecule has 1 aliphatic rings. The number of likely N-dealkylation sites (tertiary alicyclic amines) is 1. The first-order valence-corrected chi connectivity index (χ1v) is 9.02. The number of aromatic nitrogens is 1. The monoisotopic (exact) mass is 455 g/mol. The summed E-state index contributed by atoms with van der Waals surface area (Å²) in [5, 5.41) is 4.59. The second-order valence-electron chi connectivity index (χ2n) is 6.64. The number of hydrogen-bond donors (Lipinski definition) is 3. The Morgan fingerprint density at radius 3 is 3.08 bits per heavy atom. The van der Waals surface area contributed by atoms with Crippen molar-refractivity contribution in [1.29, 1.82) is 0 Å². The summed E-state index contributed by atoms with van der Waals surface area (Å²) in [4.78, 5) is 10.4. The number of rotatable bonds is 6. The van der Waals surface area contributed by atoms with Crippen molar-refractivity contribution < 1.29 is 0 Å². The molecule has 3 rings (SSSR count). The van der Waals surface area contributed by atoms with Crippen LogP contribution >= 0.6 is 24.0 Å². The smallest absolute Gasteiger partial charge is 0.188 e. The number of likely N-dealkylation sites (N-methyl/N-ethyl adjacent to an activating group) is 1. The molecule has 25 heavy (non-hydrogen) atoms. The molecule has 2 aromatic rings. The molecule has 138 valence electrons. The molecule has 1 fully saturated rings. The van der Waals surface area contributed by atoms with Crippen LogP contribution in [-0.4, -0.2) is 48.1 Å². The highest BCUT2D eigenvalue weighted by molar-refractivity contribution is 14.0. The zero-order chi connectivity index (χ0) is 16.9. The molecule has 2 heterocycles. The maximum absolute atomic E-state index is 6.03. The van der Waals surface area contributed by atoms with E-state index in [9.17, 15) is 0 Å². The molecule has 0 spiro atoms. The molecule has 1 unspecified atom stereocenters. The molecule has 1 aromatic heterocycles. The minimum Gasteiger partial charge on any atom is -0.370 e. The van der Waals surface area contributed by atoms with Gasteiger partial charge in [-0.05, 0) is 56.5 Å². The van der Waals surface area contributed by atoms with Gasteiger partial charge in [0.25, 0.3) is 0 Å². The third-order valence-electron chi connectivity index (χ3n) is 5.07. The van der Waals surface area contributed by atoms with Crippen LogP contribution in [0.5, 0.6) is 0 Å². The second kappa shape index (κ2) is 9.43. The molecule has 5 nitrogen and oxygen atoms in total. The number of benzene rings is 1. The van der Waals surface area contributed by atoms with Crippen LogP contribution in [0.4, 0.5) is 0 Å². The van der Waals surface area contributed by atoms with E-state index in [1.54, 1.807) is 0 Å². The molecule has 0 saturated carbocycles. The van der Waals surface area contributed by atoms with Crippen LogP contribution in [0.25, 0.3) is 10.9 Å². The van der Waals surface area contributed by atoms with Crippen molar-refractivity contribution >= 4 is 40.8 Å². The lowest BCUT2D eigenvalue weighted by molar-refractivity contribution is 0.273. The van der Waals surface area contributed by atoms with Gasteiger partial charge in [0.15, 0.2) is 5.96 Å². The minimum absolute atomic E-state index is 0. The van der Waals surface area contributed by atoms with E-state index in [-0.39, 0.29) is 24.0 Å². The number of nitrogens with two attached hydrogens (primary N) is 1. The van der Waals surface area contributed by atoms with Crippen LogP contribution < -0.4 is 11.1 Å². The standard InChI is InChI=1S/C19H29N5.HI/c1-3-24-11-5-7-16(24)13-23-19(20)21-10-9-15-12-22-17-8-4-6-14(2)18(15)17;/h4,6,8,12,16,22H,3,5,7,9-11,13H2,1-2H3,(H3,20,21,23);1H. The van der Waals surface area contributed by atoms with Crippen molar-refractivity contribution in [1.82, 2.24) is 15.2 Å². The molecule has 1 aliphatic heterocycles. The molecule has 1 saturated heterocycles. The number of aryl methyl sites for hydroxylation is 1. The highest BCUT2D eigenvalue weighted by atomic mass is 127. The van der Waals surface area contributed by atoms with E-state index < -0.39 is 0 Å². The maximum Gasteiger partial charge on any atom is 0.188 e. The van der Waals surface area contributed by atoms with E-state index in [0.29, 0.717) is 12.0 Å². The van der Waals surface area contributed by atoms with Crippen LogP contribution in [-0.2, 0) is 6.42 Å². The van der Waals surface area contributed by atoms with Gasteiger partial charge in [0.1, 0.15) is 0 Å². The number of aliphatic imine (C=N–C) groups is 1. The van der Waals surface area contributed by atoms with Crippen LogP contribution in [0.1, 0.15) is 30.9 Å². The Hall–Kier alpha value is -1.28. The van der Waals surface area contributed by atoms with Crippen LogP contribution in [0.2, 0.25) is 0 Å². The minimum atomic E-state index is 0. The van der Waals surface area contributed by atoms with Gasteiger partial charge in [0.2, 0.25) is 0 Å². The highest BCUT2D eigenvalue weighted by Gasteiger charge is 2.22. The topological polar surface area (TPSA) is 69.4 Å². The fourth-order valence-electron chi connectivity index (χ4n) is 3.75. The lowest BCUT2D eigenvalue weighted by atomic mass is 10.1. The van der Waals surface area contributed by atoms with Gasteiger partial charge in [-0.2, -0.15) is 0 Å². The normalized spacial score (nSPS) is 18.5. The molecule has 6 heteroatoms. The highest BCUT2D eigenvalue weighted by Crippen LogP contribution is 2.22. The van der Waals surface area contributed by atoms with E-state index in [1.807, 2.05) is 0 Å². The van der Waals surface area contributed by atoms with Crippen molar-refractivity contribution in [3.63, 3.8) is 0 Å². The lowest BCUT2D eigenvalue weighted by Crippen LogP contribution is -2.36. The maximum atomic E-state index is 6.03. The number of halogens is 1. The summed E-state index contributed by atoms with van der Waals surface area (Å²) in [6, 6.07) is 6.93. The summed E-state index contributed by atoms with van der Waals surface area (Å²) in [6.45, 7) is 8.28. The second-order valence-corrected chi connectivity index (χ2v) is 6.64. The zero-order valence-corrected chi connectivity index (χ0v) is 17.5. The van der Waals surface area contributed by atoms with E-state index in [4.69, 9.17) is 5.73 Å². The van der Waals surface area contributed by atoms with Gasteiger partial charge in [-0.3, -0.25) is 9.89 Å². The quantitative estimate of drug-likeness (QED) is 0.356. The molecular weight excluding hydrogens is 425 g/mol. The van der Waals surface area contributed by atoms with E-state index >= 15 is 0 Å². The Bertz CT molecular complexity index is 709. The molecular formula is C19H30IN5. The summed E-state index contributed by atoms with van der Waals surface area (Å²) in [7, 11) is 0.